The van der Waals surface area contributed by atoms with Gasteiger partial charge in [0.25, 0.3) is 0 Å². The topological polar surface area (TPSA) is 13.1 Å². The molecule has 0 N–H and O–H groups in total. The van der Waals surface area contributed by atoms with Crippen LogP contribution < -0.4 is 0 Å². The number of alkyl halides is 3. The highest BCUT2D eigenvalue weighted by Crippen LogP contribution is 2.35. The summed E-state index contributed by atoms with van der Waals surface area (Å²) in [6.07, 6.45) is 5.41. The van der Waals surface area contributed by atoms with Gasteiger partial charge < -0.3 is 4.42 Å². The van der Waals surface area contributed by atoms with Crippen molar-refractivity contribution in [3.8, 4) is 0 Å². The molecule has 0 spiro atoms. The second-order valence-corrected chi connectivity index (χ2v) is 5.74. The van der Waals surface area contributed by atoms with E-state index in [-0.39, 0.29) is 5.92 Å². The molecule has 1 nitrogen and oxygen atoms in total. The molecule has 1 heterocycles. The molecule has 1 unspecified atom stereocenters. The van der Waals surface area contributed by atoms with E-state index >= 15 is 0 Å². The third kappa shape index (κ3) is 6.58. The van der Waals surface area contributed by atoms with Crippen LogP contribution in [0.2, 0.25) is 0 Å². The molecule has 0 bridgehead atoms. The predicted molar refractivity (Wildman–Crippen MR) is 79.4 cm³/mol. The molecule has 1 aromatic rings. The van der Waals surface area contributed by atoms with Gasteiger partial charge in [-0.05, 0) is 25.0 Å². The number of hydrogen-bond acceptors (Lipinski definition) is 1. The Morgan fingerprint density at radius 1 is 0.905 bits per heavy atom. The molecule has 122 valence electrons. The van der Waals surface area contributed by atoms with Crippen LogP contribution in [0.25, 0.3) is 0 Å². The Labute approximate surface area is 125 Å². The Kier molecular flexibility index (Phi) is 7.91. The number of unbranched alkanes of at least 4 members (excludes halogenated alkanes) is 5. The first-order valence-electron chi connectivity index (χ1n) is 8.16. The summed E-state index contributed by atoms with van der Waals surface area (Å²) in [4.78, 5) is 0. The molecule has 0 fully saturated rings. The van der Waals surface area contributed by atoms with Crippen LogP contribution in [-0.2, 0) is 6.18 Å². The van der Waals surface area contributed by atoms with E-state index in [1.807, 2.05) is 0 Å². The van der Waals surface area contributed by atoms with Gasteiger partial charge in [0, 0.05) is 5.92 Å². The van der Waals surface area contributed by atoms with Crippen LogP contribution in [0, 0.1) is 0 Å². The summed E-state index contributed by atoms with van der Waals surface area (Å²) in [5.74, 6) is -0.237. The second-order valence-electron chi connectivity index (χ2n) is 5.74. The summed E-state index contributed by atoms with van der Waals surface area (Å²) in [5.41, 5.74) is 0. The maximum absolute atomic E-state index is 12.6. The van der Waals surface area contributed by atoms with Crippen molar-refractivity contribution in [2.24, 2.45) is 0 Å². The lowest BCUT2D eigenvalue weighted by Crippen LogP contribution is -2.03. The summed E-state index contributed by atoms with van der Waals surface area (Å²) in [5, 5.41) is 0. The molecule has 0 saturated carbocycles. The number of furan rings is 1. The van der Waals surface area contributed by atoms with Crippen molar-refractivity contribution in [3.05, 3.63) is 23.7 Å². The second kappa shape index (κ2) is 9.16. The van der Waals surface area contributed by atoms with Crippen molar-refractivity contribution in [3.63, 3.8) is 0 Å². The Morgan fingerprint density at radius 2 is 1.52 bits per heavy atom. The number of halogens is 3. The molecule has 1 aromatic heterocycles. The highest BCUT2D eigenvalue weighted by atomic mass is 19.4. The summed E-state index contributed by atoms with van der Waals surface area (Å²) >= 11 is 0. The van der Waals surface area contributed by atoms with Crippen LogP contribution in [0.3, 0.4) is 0 Å². The summed E-state index contributed by atoms with van der Waals surface area (Å²) in [7, 11) is 0. The van der Waals surface area contributed by atoms with E-state index in [0.717, 1.165) is 44.6 Å². The highest BCUT2D eigenvalue weighted by Gasteiger charge is 2.35. The lowest BCUT2D eigenvalue weighted by atomic mass is 9.93. The first kappa shape index (κ1) is 18.1. The molecule has 0 aliphatic rings. The summed E-state index contributed by atoms with van der Waals surface area (Å²) < 4.78 is 42.9. The molecule has 0 aromatic carbocycles. The first-order valence-corrected chi connectivity index (χ1v) is 8.16. The zero-order valence-corrected chi connectivity index (χ0v) is 13.1. The lowest BCUT2D eigenvalue weighted by Gasteiger charge is -2.14. The normalized spacial score (nSPS) is 13.6. The highest BCUT2D eigenvalue weighted by molar-refractivity contribution is 5.13. The van der Waals surface area contributed by atoms with Gasteiger partial charge >= 0.3 is 6.18 Å². The van der Waals surface area contributed by atoms with Gasteiger partial charge in [-0.3, -0.25) is 0 Å². The van der Waals surface area contributed by atoms with Crippen molar-refractivity contribution in [1.29, 1.82) is 0 Å². The van der Waals surface area contributed by atoms with Crippen LogP contribution in [-0.4, -0.2) is 0 Å². The van der Waals surface area contributed by atoms with Gasteiger partial charge in [0.2, 0.25) is 5.76 Å². The molecule has 0 saturated heterocycles. The number of hydrogen-bond donors (Lipinski definition) is 0. The van der Waals surface area contributed by atoms with E-state index in [0.29, 0.717) is 5.76 Å². The molecule has 1 atom stereocenters. The fourth-order valence-corrected chi connectivity index (χ4v) is 2.60. The molecule has 0 radical (unpaired) electrons. The minimum absolute atomic E-state index is 0.127. The Hall–Kier alpha value is -0.930. The molecule has 1 rings (SSSR count). The SMILES string of the molecule is CCCCCCCC(CCCC)c1ccc(C(F)(F)F)o1. The van der Waals surface area contributed by atoms with Crippen molar-refractivity contribution in [2.75, 3.05) is 0 Å². The van der Waals surface area contributed by atoms with Gasteiger partial charge in [-0.1, -0.05) is 58.8 Å². The molecule has 0 aliphatic heterocycles. The van der Waals surface area contributed by atoms with Gasteiger partial charge in [0.1, 0.15) is 5.76 Å². The van der Waals surface area contributed by atoms with Crippen LogP contribution in [0.1, 0.15) is 89.1 Å². The van der Waals surface area contributed by atoms with E-state index in [1.54, 1.807) is 0 Å². The van der Waals surface area contributed by atoms with E-state index in [2.05, 4.69) is 13.8 Å². The molecule has 0 amide bonds. The monoisotopic (exact) mass is 304 g/mol. The van der Waals surface area contributed by atoms with Crippen molar-refractivity contribution >= 4 is 0 Å². The molecule has 4 heteroatoms. The van der Waals surface area contributed by atoms with E-state index in [4.69, 9.17) is 4.42 Å². The fourth-order valence-electron chi connectivity index (χ4n) is 2.60. The average molecular weight is 304 g/mol. The third-order valence-corrected chi connectivity index (χ3v) is 3.87. The van der Waals surface area contributed by atoms with Gasteiger partial charge in [-0.2, -0.15) is 13.2 Å². The standard InChI is InChI=1S/C17H27F3O/c1-3-5-7-8-9-11-14(10-6-4-2)15-12-13-16(21-15)17(18,19)20/h12-14H,3-11H2,1-2H3. The zero-order chi connectivity index (χ0) is 15.7. The third-order valence-electron chi connectivity index (χ3n) is 3.87. The largest absolute Gasteiger partial charge is 0.456 e. The average Bonchev–Trinajstić information content (AvgIpc) is 2.91. The van der Waals surface area contributed by atoms with Gasteiger partial charge in [-0.25, -0.2) is 0 Å². The smallest absolute Gasteiger partial charge is 0.449 e. The minimum atomic E-state index is -4.38. The van der Waals surface area contributed by atoms with E-state index in [1.165, 1.54) is 25.3 Å². The Balaban J connectivity index is 2.57. The van der Waals surface area contributed by atoms with Gasteiger partial charge in [0.05, 0.1) is 0 Å². The fraction of sp³-hybridized carbons (Fsp3) is 0.765. The van der Waals surface area contributed by atoms with Crippen molar-refractivity contribution in [2.45, 2.75) is 83.7 Å². The first-order chi connectivity index (χ1) is 9.99. The maximum atomic E-state index is 12.6. The minimum Gasteiger partial charge on any atom is -0.456 e. The molecule has 21 heavy (non-hydrogen) atoms. The van der Waals surface area contributed by atoms with Crippen molar-refractivity contribution in [1.82, 2.24) is 0 Å². The molecule has 0 aliphatic carbocycles. The Morgan fingerprint density at radius 3 is 2.10 bits per heavy atom. The van der Waals surface area contributed by atoms with Crippen LogP contribution in [0.5, 0.6) is 0 Å². The summed E-state index contributed by atoms with van der Waals surface area (Å²) in [6, 6.07) is 2.57. The van der Waals surface area contributed by atoms with Crippen LogP contribution in [0.15, 0.2) is 16.5 Å². The van der Waals surface area contributed by atoms with Gasteiger partial charge in [0.15, 0.2) is 0 Å². The van der Waals surface area contributed by atoms with Crippen LogP contribution in [0.4, 0.5) is 13.2 Å². The zero-order valence-electron chi connectivity index (χ0n) is 13.1. The summed E-state index contributed by atoms with van der Waals surface area (Å²) in [6.45, 7) is 4.27. The number of rotatable bonds is 10. The van der Waals surface area contributed by atoms with Gasteiger partial charge in [-0.15, -0.1) is 0 Å². The Bertz CT molecular complexity index is 382. The predicted octanol–water partition coefficient (Wildman–Crippen LogP) is 6.93. The quantitative estimate of drug-likeness (QED) is 0.427. The molecular weight excluding hydrogens is 277 g/mol. The van der Waals surface area contributed by atoms with E-state index < -0.39 is 11.9 Å². The van der Waals surface area contributed by atoms with E-state index in [9.17, 15) is 13.2 Å². The lowest BCUT2D eigenvalue weighted by molar-refractivity contribution is -0.153. The maximum Gasteiger partial charge on any atom is 0.449 e. The van der Waals surface area contributed by atoms with Crippen LogP contribution >= 0.6 is 0 Å². The molecular formula is C17H27F3O. The van der Waals surface area contributed by atoms with Crippen molar-refractivity contribution < 1.29 is 17.6 Å².